The molecule has 20 heavy (non-hydrogen) atoms. The molecular formula is C15H24N4O. The average molecular weight is 276 g/mol. The van der Waals surface area contributed by atoms with Crippen LogP contribution in [0.3, 0.4) is 0 Å². The lowest BCUT2D eigenvalue weighted by Crippen LogP contribution is -2.40. The van der Waals surface area contributed by atoms with Gasteiger partial charge in [0.15, 0.2) is 0 Å². The quantitative estimate of drug-likeness (QED) is 0.858. The van der Waals surface area contributed by atoms with Gasteiger partial charge in [-0.15, -0.1) is 0 Å². The number of likely N-dealkylation sites (tertiary alicyclic amines) is 1. The standard InChI is InChI=1S/C15H24N4O/c1-4-19-7-5-6-13(19)10-17-15(20)12-8-11(2)18-14(9-12)16-3/h8-9,13H,4-7,10H2,1-3H3,(H,16,18)(H,17,20). The SMILES string of the molecule is CCN1CCCC1CNC(=O)c1cc(C)nc(NC)c1. The van der Waals surface area contributed by atoms with Crippen LogP contribution >= 0.6 is 0 Å². The number of anilines is 1. The van der Waals surface area contributed by atoms with E-state index >= 15 is 0 Å². The summed E-state index contributed by atoms with van der Waals surface area (Å²) < 4.78 is 0. The molecule has 2 heterocycles. The average Bonchev–Trinajstić information content (AvgIpc) is 2.91. The molecule has 5 heteroatoms. The molecule has 5 nitrogen and oxygen atoms in total. The van der Waals surface area contributed by atoms with Crippen LogP contribution in [-0.4, -0.2) is 48.5 Å². The summed E-state index contributed by atoms with van der Waals surface area (Å²) in [4.78, 5) is 19.0. The van der Waals surface area contributed by atoms with E-state index in [4.69, 9.17) is 0 Å². The minimum absolute atomic E-state index is 0.0186. The van der Waals surface area contributed by atoms with E-state index in [1.165, 1.54) is 12.8 Å². The van der Waals surface area contributed by atoms with Crippen molar-refractivity contribution >= 4 is 11.7 Å². The molecule has 0 radical (unpaired) electrons. The van der Waals surface area contributed by atoms with Gasteiger partial charge in [0, 0.05) is 30.9 Å². The van der Waals surface area contributed by atoms with E-state index in [-0.39, 0.29) is 5.91 Å². The van der Waals surface area contributed by atoms with Crippen LogP contribution in [0, 0.1) is 6.92 Å². The second kappa shape index (κ2) is 6.70. The van der Waals surface area contributed by atoms with E-state index in [0.29, 0.717) is 11.6 Å². The van der Waals surface area contributed by atoms with Crippen LogP contribution in [0.25, 0.3) is 0 Å². The summed E-state index contributed by atoms with van der Waals surface area (Å²) in [7, 11) is 1.81. The number of carbonyl (C=O) groups excluding carboxylic acids is 1. The summed E-state index contributed by atoms with van der Waals surface area (Å²) in [5, 5.41) is 6.02. The first kappa shape index (κ1) is 14.8. The van der Waals surface area contributed by atoms with Gasteiger partial charge in [-0.25, -0.2) is 4.98 Å². The molecule has 0 aromatic carbocycles. The van der Waals surface area contributed by atoms with Crippen LogP contribution < -0.4 is 10.6 Å². The fourth-order valence-electron chi connectivity index (χ4n) is 2.78. The molecule has 1 aliphatic heterocycles. The van der Waals surface area contributed by atoms with Gasteiger partial charge in [-0.1, -0.05) is 6.92 Å². The summed E-state index contributed by atoms with van der Waals surface area (Å²) in [6.07, 6.45) is 2.40. The Morgan fingerprint density at radius 3 is 3.00 bits per heavy atom. The lowest BCUT2D eigenvalue weighted by molar-refractivity contribution is 0.0941. The van der Waals surface area contributed by atoms with Crippen molar-refractivity contribution in [3.05, 3.63) is 23.4 Å². The van der Waals surface area contributed by atoms with Gasteiger partial charge >= 0.3 is 0 Å². The van der Waals surface area contributed by atoms with Crippen LogP contribution in [-0.2, 0) is 0 Å². The molecule has 1 saturated heterocycles. The molecule has 0 spiro atoms. The first-order valence-corrected chi connectivity index (χ1v) is 7.32. The molecule has 0 bridgehead atoms. The number of hydrogen-bond donors (Lipinski definition) is 2. The van der Waals surface area contributed by atoms with Gasteiger partial charge in [0.05, 0.1) is 0 Å². The predicted molar refractivity (Wildman–Crippen MR) is 81.1 cm³/mol. The maximum atomic E-state index is 12.2. The third-order valence-corrected chi connectivity index (χ3v) is 3.88. The second-order valence-corrected chi connectivity index (χ2v) is 5.27. The van der Waals surface area contributed by atoms with Gasteiger partial charge in [0.25, 0.3) is 5.91 Å². The van der Waals surface area contributed by atoms with Gasteiger partial charge in [0.1, 0.15) is 5.82 Å². The third kappa shape index (κ3) is 3.48. The van der Waals surface area contributed by atoms with E-state index in [9.17, 15) is 4.79 Å². The number of likely N-dealkylation sites (N-methyl/N-ethyl adjacent to an activating group) is 1. The number of nitrogens with one attached hydrogen (secondary N) is 2. The number of carbonyl (C=O) groups is 1. The summed E-state index contributed by atoms with van der Waals surface area (Å²) >= 11 is 0. The van der Waals surface area contributed by atoms with Gasteiger partial charge in [-0.2, -0.15) is 0 Å². The number of pyridine rings is 1. The van der Waals surface area contributed by atoms with Gasteiger partial charge < -0.3 is 10.6 Å². The first-order chi connectivity index (χ1) is 9.63. The number of nitrogens with zero attached hydrogens (tertiary/aromatic N) is 2. The van der Waals surface area contributed by atoms with Crippen molar-refractivity contribution in [2.24, 2.45) is 0 Å². The monoisotopic (exact) mass is 276 g/mol. The summed E-state index contributed by atoms with van der Waals surface area (Å²) in [5.41, 5.74) is 1.51. The molecule has 1 unspecified atom stereocenters. The number of amides is 1. The number of rotatable bonds is 5. The Bertz CT molecular complexity index is 475. The highest BCUT2D eigenvalue weighted by molar-refractivity contribution is 5.95. The molecular weight excluding hydrogens is 252 g/mol. The van der Waals surface area contributed by atoms with E-state index in [0.717, 1.165) is 31.1 Å². The van der Waals surface area contributed by atoms with Gasteiger partial charge in [0.2, 0.25) is 0 Å². The van der Waals surface area contributed by atoms with E-state index in [1.807, 2.05) is 13.0 Å². The molecule has 2 N–H and O–H groups in total. The molecule has 1 fully saturated rings. The largest absolute Gasteiger partial charge is 0.373 e. The van der Waals surface area contributed by atoms with E-state index in [2.05, 4.69) is 27.4 Å². The third-order valence-electron chi connectivity index (χ3n) is 3.88. The van der Waals surface area contributed by atoms with Crippen molar-refractivity contribution in [1.82, 2.24) is 15.2 Å². The van der Waals surface area contributed by atoms with Crippen molar-refractivity contribution in [1.29, 1.82) is 0 Å². The molecule has 0 saturated carbocycles. The van der Waals surface area contributed by atoms with E-state index < -0.39 is 0 Å². The minimum Gasteiger partial charge on any atom is -0.373 e. The molecule has 110 valence electrons. The Hall–Kier alpha value is -1.62. The highest BCUT2D eigenvalue weighted by atomic mass is 16.1. The Balaban J connectivity index is 1.96. The highest BCUT2D eigenvalue weighted by Crippen LogP contribution is 2.16. The zero-order valence-electron chi connectivity index (χ0n) is 12.6. The fraction of sp³-hybridized carbons (Fsp3) is 0.600. The zero-order valence-corrected chi connectivity index (χ0v) is 12.6. The Morgan fingerprint density at radius 1 is 1.50 bits per heavy atom. The molecule has 0 aliphatic carbocycles. The Morgan fingerprint density at radius 2 is 2.30 bits per heavy atom. The van der Waals surface area contributed by atoms with Crippen LogP contribution in [0.15, 0.2) is 12.1 Å². The zero-order chi connectivity index (χ0) is 14.5. The number of hydrogen-bond acceptors (Lipinski definition) is 4. The molecule has 2 rings (SSSR count). The van der Waals surface area contributed by atoms with Crippen LogP contribution in [0.4, 0.5) is 5.82 Å². The van der Waals surface area contributed by atoms with Crippen molar-refractivity contribution in [3.63, 3.8) is 0 Å². The Kier molecular flexibility index (Phi) is 4.95. The molecule has 1 aromatic rings. The lowest BCUT2D eigenvalue weighted by atomic mass is 10.2. The number of aromatic nitrogens is 1. The van der Waals surface area contributed by atoms with Crippen molar-refractivity contribution in [3.8, 4) is 0 Å². The fourth-order valence-corrected chi connectivity index (χ4v) is 2.78. The minimum atomic E-state index is -0.0186. The molecule has 1 aromatic heterocycles. The van der Waals surface area contributed by atoms with Crippen molar-refractivity contribution < 1.29 is 4.79 Å². The summed E-state index contributed by atoms with van der Waals surface area (Å²) in [6.45, 7) is 7.00. The normalized spacial score (nSPS) is 19.1. The van der Waals surface area contributed by atoms with E-state index in [1.54, 1.807) is 13.1 Å². The van der Waals surface area contributed by atoms with Gasteiger partial charge in [-0.05, 0) is 45.0 Å². The molecule has 1 atom stereocenters. The lowest BCUT2D eigenvalue weighted by Gasteiger charge is -2.22. The van der Waals surface area contributed by atoms with Crippen LogP contribution in [0.5, 0.6) is 0 Å². The summed E-state index contributed by atoms with van der Waals surface area (Å²) in [5.74, 6) is 0.709. The number of aryl methyl sites for hydroxylation is 1. The topological polar surface area (TPSA) is 57.3 Å². The van der Waals surface area contributed by atoms with Crippen molar-refractivity contribution in [2.45, 2.75) is 32.7 Å². The first-order valence-electron chi connectivity index (χ1n) is 7.32. The van der Waals surface area contributed by atoms with Crippen molar-refractivity contribution in [2.75, 3.05) is 32.0 Å². The summed E-state index contributed by atoms with van der Waals surface area (Å²) in [6, 6.07) is 4.09. The maximum Gasteiger partial charge on any atom is 0.251 e. The molecule has 1 amide bonds. The van der Waals surface area contributed by atoms with Crippen LogP contribution in [0.2, 0.25) is 0 Å². The highest BCUT2D eigenvalue weighted by Gasteiger charge is 2.23. The maximum absolute atomic E-state index is 12.2. The smallest absolute Gasteiger partial charge is 0.251 e. The van der Waals surface area contributed by atoms with Crippen LogP contribution in [0.1, 0.15) is 35.8 Å². The van der Waals surface area contributed by atoms with Gasteiger partial charge in [-0.3, -0.25) is 9.69 Å². The second-order valence-electron chi connectivity index (χ2n) is 5.27. The predicted octanol–water partition coefficient (Wildman–Crippen LogP) is 1.65. The Labute approximate surface area is 120 Å². The molecule has 1 aliphatic rings.